The number of sulfone groups is 2. The molecule has 0 spiro atoms. The number of aldehydes is 1. The second kappa shape index (κ2) is 7.91. The lowest BCUT2D eigenvalue weighted by atomic mass is 10.1. The number of hydrogen-bond acceptors (Lipinski definition) is 8. The van der Waals surface area contributed by atoms with Gasteiger partial charge < -0.3 is 19.2 Å². The van der Waals surface area contributed by atoms with Crippen molar-refractivity contribution in [2.75, 3.05) is 12.5 Å². The van der Waals surface area contributed by atoms with E-state index in [4.69, 9.17) is 9.47 Å². The van der Waals surface area contributed by atoms with E-state index < -0.39 is 36.3 Å². The first-order chi connectivity index (χ1) is 11.7. The molecule has 0 aromatic heterocycles. The number of amides is 1. The van der Waals surface area contributed by atoms with Gasteiger partial charge in [-0.1, -0.05) is 0 Å². The molecular weight excluding hydrogens is 386 g/mol. The van der Waals surface area contributed by atoms with Gasteiger partial charge in [-0.15, -0.1) is 0 Å². The van der Waals surface area contributed by atoms with Gasteiger partial charge in [0.25, 0.3) is 0 Å². The quantitative estimate of drug-likeness (QED) is 0.538. The molecule has 1 aliphatic rings. The Kier molecular flexibility index (Phi) is 7.00. The van der Waals surface area contributed by atoms with Gasteiger partial charge in [-0.25, -0.2) is 16.8 Å². The third-order valence-electron chi connectivity index (χ3n) is 3.96. The first-order valence-electron chi connectivity index (χ1n) is 8.17. The lowest BCUT2D eigenvalue weighted by Crippen LogP contribution is -2.58. The largest absolute Gasteiger partial charge is 0.379 e. The molecule has 0 aromatic carbocycles. The predicted octanol–water partition coefficient (Wildman–Crippen LogP) is 0.0954. The molecule has 1 amide bonds. The molecule has 1 rings (SSSR count). The Hall–Kier alpha value is -1.04. The number of rotatable bonds is 7. The minimum atomic E-state index is -4.43. The van der Waals surface area contributed by atoms with E-state index >= 15 is 0 Å². The van der Waals surface area contributed by atoms with Crippen molar-refractivity contribution in [3.05, 3.63) is 0 Å². The lowest BCUT2D eigenvalue weighted by Gasteiger charge is -2.41. The molecule has 1 heterocycles. The van der Waals surface area contributed by atoms with Crippen LogP contribution in [-0.2, 0) is 38.7 Å². The lowest BCUT2D eigenvalue weighted by molar-refractivity contribution is -0.221. The highest BCUT2D eigenvalue weighted by molar-refractivity contribution is 8.09. The maximum atomic E-state index is 12.6. The van der Waals surface area contributed by atoms with Crippen molar-refractivity contribution in [1.82, 2.24) is 4.90 Å². The summed E-state index contributed by atoms with van der Waals surface area (Å²) < 4.78 is 56.0. The first kappa shape index (κ1) is 23.0. The molecule has 0 bridgehead atoms. The summed E-state index contributed by atoms with van der Waals surface area (Å²) in [4.78, 5) is 25.4. The summed E-state index contributed by atoms with van der Waals surface area (Å²) in [6, 6.07) is -0.224. The second-order valence-corrected chi connectivity index (χ2v) is 11.4. The average molecular weight is 414 g/mol. The van der Waals surface area contributed by atoms with Gasteiger partial charge in [0, 0.05) is 31.0 Å². The van der Waals surface area contributed by atoms with Crippen molar-refractivity contribution in [2.45, 2.75) is 69.3 Å². The number of hydrogen-bond donors (Lipinski definition) is 0. The van der Waals surface area contributed by atoms with Gasteiger partial charge in [0.2, 0.25) is 25.6 Å². The smallest absolute Gasteiger partial charge is 0.338 e. The van der Waals surface area contributed by atoms with E-state index in [0.29, 0.717) is 18.8 Å². The fourth-order valence-electron chi connectivity index (χ4n) is 3.08. The molecule has 0 aromatic rings. The highest BCUT2D eigenvalue weighted by atomic mass is 32.3. The van der Waals surface area contributed by atoms with Crippen molar-refractivity contribution >= 4 is 31.9 Å². The zero-order valence-corrected chi connectivity index (χ0v) is 17.5. The van der Waals surface area contributed by atoms with Gasteiger partial charge in [0.05, 0.1) is 12.5 Å². The van der Waals surface area contributed by atoms with Crippen LogP contribution in [0.1, 0.15) is 40.5 Å². The number of carbonyl (C=O) groups excluding carboxylic acids is 2. The van der Waals surface area contributed by atoms with Crippen LogP contribution in [0.2, 0.25) is 0 Å². The van der Waals surface area contributed by atoms with Crippen LogP contribution in [-0.4, -0.2) is 75.2 Å². The Morgan fingerprint density at radius 3 is 1.88 bits per heavy atom. The highest BCUT2D eigenvalue weighted by Gasteiger charge is 2.59. The Bertz CT molecular complexity index is 702. The molecule has 152 valence electrons. The van der Waals surface area contributed by atoms with Crippen molar-refractivity contribution < 1.29 is 35.9 Å². The van der Waals surface area contributed by atoms with Gasteiger partial charge >= 0.3 is 4.45 Å². The molecule has 0 aliphatic carbocycles. The molecule has 9 nitrogen and oxygen atoms in total. The van der Waals surface area contributed by atoms with Crippen molar-refractivity contribution in [2.24, 2.45) is 0 Å². The van der Waals surface area contributed by atoms with E-state index in [9.17, 15) is 26.4 Å². The molecule has 1 saturated heterocycles. The van der Waals surface area contributed by atoms with E-state index in [2.05, 4.69) is 0 Å². The van der Waals surface area contributed by atoms with Crippen molar-refractivity contribution in [1.29, 1.82) is 0 Å². The second-order valence-electron chi connectivity index (χ2n) is 7.00. The average Bonchev–Trinajstić information content (AvgIpc) is 2.43. The summed E-state index contributed by atoms with van der Waals surface area (Å²) in [5.74, 6) is -0.331. The van der Waals surface area contributed by atoms with Crippen LogP contribution in [0.4, 0.5) is 0 Å². The highest BCUT2D eigenvalue weighted by Crippen LogP contribution is 2.36. The maximum Gasteiger partial charge on any atom is 0.379 e. The number of ether oxygens (including phenoxy) is 2. The first-order valence-corrected chi connectivity index (χ1v) is 12.0. The Balaban J connectivity index is 3.26. The zero-order chi connectivity index (χ0) is 20.5. The van der Waals surface area contributed by atoms with Gasteiger partial charge in [-0.3, -0.25) is 4.79 Å². The van der Waals surface area contributed by atoms with Crippen LogP contribution in [0.3, 0.4) is 0 Å². The SMILES string of the molecule is CC(C)N(C(=O)C[C@H]1C[C@@H](C=O)OC(S(C)(=O)=O)(S(C)(=O)=O)O1)C(C)C. The fraction of sp³-hybridized carbons (Fsp3) is 0.867. The topological polar surface area (TPSA) is 124 Å². The molecule has 0 saturated carbocycles. The monoisotopic (exact) mass is 413 g/mol. The van der Waals surface area contributed by atoms with Gasteiger partial charge in [-0.2, -0.15) is 0 Å². The van der Waals surface area contributed by atoms with E-state index in [0.717, 1.165) is 0 Å². The Morgan fingerprint density at radius 1 is 1.08 bits per heavy atom. The standard InChI is InChI=1S/C15H27NO8S2/c1-10(2)16(11(3)4)14(18)8-12-7-13(9-17)24-15(23-12,25(5,19)20)26(6,21)22/h9-13H,7-8H2,1-6H3/t12-,13+/m1/s1. The Morgan fingerprint density at radius 2 is 1.54 bits per heavy atom. The van der Waals surface area contributed by atoms with Crippen LogP contribution < -0.4 is 0 Å². The van der Waals surface area contributed by atoms with Crippen molar-refractivity contribution in [3.63, 3.8) is 0 Å². The van der Waals surface area contributed by atoms with Crippen molar-refractivity contribution in [3.8, 4) is 0 Å². The predicted molar refractivity (Wildman–Crippen MR) is 94.6 cm³/mol. The summed E-state index contributed by atoms with van der Waals surface area (Å²) in [7, 11) is -8.85. The normalized spacial score (nSPS) is 23.8. The van der Waals surface area contributed by atoms with E-state index in [1.54, 1.807) is 4.90 Å². The van der Waals surface area contributed by atoms with E-state index in [1.807, 2.05) is 27.7 Å². The summed E-state index contributed by atoms with van der Waals surface area (Å²) in [6.07, 6.45) is -1.20. The molecular formula is C15H27NO8S2. The molecule has 1 fully saturated rings. The van der Waals surface area contributed by atoms with Gasteiger partial charge in [0.15, 0.2) is 0 Å². The third-order valence-corrected chi connectivity index (χ3v) is 7.98. The summed E-state index contributed by atoms with van der Waals surface area (Å²) >= 11 is 0. The molecule has 2 atom stereocenters. The summed E-state index contributed by atoms with van der Waals surface area (Å²) in [6.45, 7) is 7.31. The van der Waals surface area contributed by atoms with Crippen LogP contribution >= 0.6 is 0 Å². The van der Waals surface area contributed by atoms with Crippen LogP contribution in [0, 0.1) is 0 Å². The molecule has 0 N–H and O–H groups in total. The molecule has 26 heavy (non-hydrogen) atoms. The molecule has 1 aliphatic heterocycles. The van der Waals surface area contributed by atoms with Crippen LogP contribution in [0.25, 0.3) is 0 Å². The van der Waals surface area contributed by atoms with E-state index in [1.165, 1.54) is 0 Å². The van der Waals surface area contributed by atoms with Gasteiger partial charge in [-0.05, 0) is 27.7 Å². The third kappa shape index (κ3) is 4.62. The number of nitrogens with zero attached hydrogens (tertiary/aromatic N) is 1. The molecule has 0 unspecified atom stereocenters. The summed E-state index contributed by atoms with van der Waals surface area (Å²) in [5.41, 5.74) is 0. The summed E-state index contributed by atoms with van der Waals surface area (Å²) in [5, 5.41) is 0. The Labute approximate surface area is 154 Å². The van der Waals surface area contributed by atoms with Gasteiger partial charge in [0.1, 0.15) is 12.4 Å². The number of carbonyl (C=O) groups is 2. The molecule has 0 radical (unpaired) electrons. The van der Waals surface area contributed by atoms with Crippen LogP contribution in [0.5, 0.6) is 0 Å². The zero-order valence-electron chi connectivity index (χ0n) is 15.8. The minimum Gasteiger partial charge on any atom is -0.338 e. The van der Waals surface area contributed by atoms with E-state index in [-0.39, 0.29) is 30.8 Å². The minimum absolute atomic E-state index is 0.112. The molecule has 11 heteroatoms. The maximum absolute atomic E-state index is 12.6. The van der Waals surface area contributed by atoms with Crippen LogP contribution in [0.15, 0.2) is 0 Å². The fourth-order valence-corrected chi connectivity index (χ4v) is 6.50.